The van der Waals surface area contributed by atoms with E-state index < -0.39 is 41.5 Å². The van der Waals surface area contributed by atoms with Crippen molar-refractivity contribution in [1.29, 1.82) is 0 Å². The van der Waals surface area contributed by atoms with E-state index in [0.717, 1.165) is 43.6 Å². The first kappa shape index (κ1) is 25.8. The maximum Gasteiger partial charge on any atom is 0.422 e. The van der Waals surface area contributed by atoms with Crippen molar-refractivity contribution >= 4 is 6.09 Å². The Bertz CT molecular complexity index is 1220. The first-order valence-corrected chi connectivity index (χ1v) is 12.3. The number of rotatable bonds is 5. The molecule has 0 spiro atoms. The quantitative estimate of drug-likeness (QED) is 0.503. The fourth-order valence-electron chi connectivity index (χ4n) is 6.82. The van der Waals surface area contributed by atoms with Crippen LogP contribution in [-0.2, 0) is 16.8 Å². The van der Waals surface area contributed by atoms with Gasteiger partial charge < -0.3 is 20.1 Å². The number of hydrogen-bond acceptors (Lipinski definition) is 4. The van der Waals surface area contributed by atoms with E-state index >= 15 is 4.39 Å². The van der Waals surface area contributed by atoms with E-state index in [0.29, 0.717) is 18.5 Å². The molecule has 5 nitrogen and oxygen atoms in total. The fraction of sp³-hybridized carbons (Fsp3) is 0.519. The van der Waals surface area contributed by atoms with Gasteiger partial charge in [-0.15, -0.1) is 0 Å². The molecule has 3 fully saturated rings. The predicted octanol–water partition coefficient (Wildman–Crippen LogP) is 5.79. The van der Waals surface area contributed by atoms with Gasteiger partial charge in [-0.05, 0) is 73.7 Å². The van der Waals surface area contributed by atoms with Gasteiger partial charge >= 0.3 is 12.3 Å². The van der Waals surface area contributed by atoms with Gasteiger partial charge in [-0.25, -0.2) is 13.6 Å². The van der Waals surface area contributed by atoms with Gasteiger partial charge in [0.15, 0.2) is 6.61 Å². The fourth-order valence-corrected chi connectivity index (χ4v) is 6.82. The molecule has 2 bridgehead atoms. The molecular weight excluding hydrogens is 495 g/mol. The van der Waals surface area contributed by atoms with E-state index in [1.165, 1.54) is 12.1 Å². The third kappa shape index (κ3) is 4.53. The van der Waals surface area contributed by atoms with E-state index in [2.05, 4.69) is 4.90 Å². The first-order chi connectivity index (χ1) is 17.3. The van der Waals surface area contributed by atoms with Gasteiger partial charge in [-0.2, -0.15) is 13.2 Å². The van der Waals surface area contributed by atoms with E-state index in [-0.39, 0.29) is 28.7 Å². The number of fused-ring (bicyclic) bond motifs is 4. The number of carbonyl (C=O) groups excluding carboxylic acids is 1. The number of ether oxygens (including phenoxy) is 2. The first-order valence-electron chi connectivity index (χ1n) is 12.3. The summed E-state index contributed by atoms with van der Waals surface area (Å²) < 4.78 is 78.5. The number of nitrogens with two attached hydrogens (primary N) is 1. The Morgan fingerprint density at radius 3 is 2.41 bits per heavy atom. The van der Waals surface area contributed by atoms with E-state index in [4.69, 9.17) is 15.2 Å². The van der Waals surface area contributed by atoms with Crippen LogP contribution in [0.1, 0.15) is 37.8 Å². The second kappa shape index (κ2) is 8.85. The normalized spacial score (nSPS) is 28.1. The molecule has 3 heterocycles. The summed E-state index contributed by atoms with van der Waals surface area (Å²) in [4.78, 5) is 14.6. The predicted molar refractivity (Wildman–Crippen MR) is 126 cm³/mol. The van der Waals surface area contributed by atoms with Crippen LogP contribution in [0.25, 0.3) is 11.1 Å². The Hall–Kier alpha value is -2.88. The number of nitrogens with zero attached hydrogens (tertiary/aromatic N) is 1. The second-order valence-electron chi connectivity index (χ2n) is 11.0. The molecule has 3 saturated heterocycles. The van der Waals surface area contributed by atoms with Gasteiger partial charge in [0.05, 0.1) is 0 Å². The van der Waals surface area contributed by atoms with Gasteiger partial charge in [-0.3, -0.25) is 0 Å². The van der Waals surface area contributed by atoms with E-state index in [1.54, 1.807) is 6.07 Å². The topological polar surface area (TPSA) is 64.8 Å². The van der Waals surface area contributed by atoms with Gasteiger partial charge in [0.25, 0.3) is 0 Å². The molecule has 0 unspecified atom stereocenters. The number of alkyl halides is 3. The molecule has 4 aliphatic rings. The summed E-state index contributed by atoms with van der Waals surface area (Å²) in [6, 6.07) is 5.94. The van der Waals surface area contributed by atoms with Crippen LogP contribution in [0.2, 0.25) is 0 Å². The van der Waals surface area contributed by atoms with Crippen molar-refractivity contribution in [3.63, 3.8) is 0 Å². The van der Waals surface area contributed by atoms with Crippen LogP contribution in [-0.4, -0.2) is 43.4 Å². The number of hydrogen-bond donors (Lipinski definition) is 1. The van der Waals surface area contributed by atoms with Crippen LogP contribution >= 0.6 is 0 Å². The molecule has 3 aliphatic heterocycles. The number of halogens is 5. The molecule has 0 radical (unpaired) electrons. The average Bonchev–Trinajstić information content (AvgIpc) is 3.02. The zero-order valence-electron chi connectivity index (χ0n) is 20.6. The summed E-state index contributed by atoms with van der Waals surface area (Å²) in [5.74, 6) is -1.71. The highest BCUT2D eigenvalue weighted by atomic mass is 19.4. The Morgan fingerprint density at radius 2 is 1.81 bits per heavy atom. The lowest BCUT2D eigenvalue weighted by Gasteiger charge is -2.55. The van der Waals surface area contributed by atoms with Crippen molar-refractivity contribution < 1.29 is 36.2 Å². The number of primary amides is 1. The van der Waals surface area contributed by atoms with Crippen LogP contribution < -0.4 is 10.5 Å². The summed E-state index contributed by atoms with van der Waals surface area (Å²) in [6.45, 7) is 4.98. The zero-order valence-corrected chi connectivity index (χ0v) is 20.6. The minimum absolute atomic E-state index is 0.0229. The highest BCUT2D eigenvalue weighted by Crippen LogP contribution is 2.61. The lowest BCUT2D eigenvalue weighted by atomic mass is 9.60. The van der Waals surface area contributed by atoms with Crippen molar-refractivity contribution in [2.45, 2.75) is 44.9 Å². The van der Waals surface area contributed by atoms with Crippen LogP contribution in [0.3, 0.4) is 0 Å². The molecule has 0 aromatic heterocycles. The number of carbonyl (C=O) groups is 1. The second-order valence-corrected chi connectivity index (χ2v) is 11.0. The van der Waals surface area contributed by atoms with Crippen molar-refractivity contribution in [1.82, 2.24) is 4.90 Å². The lowest BCUT2D eigenvalue weighted by Crippen LogP contribution is -2.60. The number of piperidine rings is 3. The van der Waals surface area contributed by atoms with E-state index in [1.807, 2.05) is 13.8 Å². The molecule has 2 aromatic rings. The van der Waals surface area contributed by atoms with Crippen molar-refractivity contribution in [3.8, 4) is 16.9 Å². The smallest absolute Gasteiger partial charge is 0.422 e. The summed E-state index contributed by atoms with van der Waals surface area (Å²) in [7, 11) is 0. The largest absolute Gasteiger partial charge is 0.484 e. The highest BCUT2D eigenvalue weighted by Gasteiger charge is 2.63. The Balaban J connectivity index is 1.59. The molecule has 1 aliphatic carbocycles. The molecule has 6 rings (SSSR count). The van der Waals surface area contributed by atoms with Crippen LogP contribution in [0, 0.1) is 28.9 Å². The molecule has 2 N–H and O–H groups in total. The maximum atomic E-state index is 15.7. The van der Waals surface area contributed by atoms with Gasteiger partial charge in [0, 0.05) is 35.1 Å². The molecular formula is C27H29F5N2O3. The summed E-state index contributed by atoms with van der Waals surface area (Å²) in [5, 5.41) is 0. The van der Waals surface area contributed by atoms with Crippen molar-refractivity contribution in [2.75, 3.05) is 26.2 Å². The summed E-state index contributed by atoms with van der Waals surface area (Å²) in [6.07, 6.45) is -3.19. The average molecular weight is 525 g/mol. The third-order valence-electron chi connectivity index (χ3n) is 8.26. The maximum absolute atomic E-state index is 15.7. The minimum atomic E-state index is -4.60. The van der Waals surface area contributed by atoms with Gasteiger partial charge in [-0.1, -0.05) is 13.8 Å². The van der Waals surface area contributed by atoms with Gasteiger partial charge in [0.2, 0.25) is 0 Å². The third-order valence-corrected chi connectivity index (χ3v) is 8.26. The van der Waals surface area contributed by atoms with Crippen LogP contribution in [0.4, 0.5) is 26.7 Å². The summed E-state index contributed by atoms with van der Waals surface area (Å²) >= 11 is 0. The molecule has 10 heteroatoms. The molecule has 2 aromatic carbocycles. The Labute approximate surface area is 211 Å². The molecule has 1 amide bonds. The zero-order chi connectivity index (χ0) is 26.8. The van der Waals surface area contributed by atoms with Crippen LogP contribution in [0.15, 0.2) is 30.3 Å². The monoisotopic (exact) mass is 524 g/mol. The Kier molecular flexibility index (Phi) is 6.16. The van der Waals surface area contributed by atoms with Gasteiger partial charge in [0.1, 0.15) is 23.0 Å². The van der Waals surface area contributed by atoms with E-state index in [9.17, 15) is 22.4 Å². The molecule has 2 atom stereocenters. The molecule has 37 heavy (non-hydrogen) atoms. The van der Waals surface area contributed by atoms with Crippen molar-refractivity contribution in [2.24, 2.45) is 23.0 Å². The lowest BCUT2D eigenvalue weighted by molar-refractivity contribution is -0.157. The highest BCUT2D eigenvalue weighted by molar-refractivity contribution is 5.70. The number of amides is 1. The SMILES string of the molecule is CC1(C)Cc2cc(-c3cc(F)cc(OCC(F)(F)F)c3)c(F)cc2[C@@]1(OC(N)=O)[C@@H]1CN2CCC1CC2. The standard InChI is InChI=1S/C27H29F5N2O3/c1-25(2)12-17-9-20(16-7-18(28)10-19(8-16)36-14-26(30,31)32)23(29)11-21(17)27(25,37-24(33)35)22-13-34-5-3-15(22)4-6-34/h7-11,15,22H,3-6,12-14H2,1-2H3,(H2,33,35)/t22-,27-/m1/s1. The minimum Gasteiger partial charge on any atom is -0.484 e. The number of benzene rings is 2. The summed E-state index contributed by atoms with van der Waals surface area (Å²) in [5.41, 5.74) is 5.15. The molecule has 0 saturated carbocycles. The van der Waals surface area contributed by atoms with Crippen LogP contribution in [0.5, 0.6) is 5.75 Å². The molecule has 200 valence electrons. The Morgan fingerprint density at radius 1 is 1.11 bits per heavy atom. The van der Waals surface area contributed by atoms with Crippen molar-refractivity contribution in [3.05, 3.63) is 53.1 Å².